The summed E-state index contributed by atoms with van der Waals surface area (Å²) in [4.78, 5) is 118. The van der Waals surface area contributed by atoms with Gasteiger partial charge in [-0.25, -0.2) is 0 Å². The first-order valence-corrected chi connectivity index (χ1v) is 29.4. The Labute approximate surface area is 506 Å². The molecule has 5 aromatic rings. The first-order valence-electron chi connectivity index (χ1n) is 29.4. The van der Waals surface area contributed by atoms with Gasteiger partial charge in [-0.15, -0.1) is 0 Å². The summed E-state index contributed by atoms with van der Waals surface area (Å²) < 4.78 is 1.92. The molecule has 0 saturated carbocycles. The van der Waals surface area contributed by atoms with Gasteiger partial charge in [0.2, 0.25) is 47.4 Å². The number of Topliss-reactive ketones (excluding diaryl/α,β-unsaturated/α-hetero) is 2. The second kappa shape index (κ2) is 28.6. The van der Waals surface area contributed by atoms with Crippen LogP contribution in [0.3, 0.4) is 0 Å². The van der Waals surface area contributed by atoms with Gasteiger partial charge in [-0.05, 0) is 103 Å². The minimum absolute atomic E-state index is 0.0378. The third kappa shape index (κ3) is 15.3. The molecule has 0 bridgehead atoms. The minimum atomic E-state index is -1.77. The molecule has 20 nitrogen and oxygen atoms in total. The van der Waals surface area contributed by atoms with Crippen molar-refractivity contribution in [3.05, 3.63) is 168 Å². The van der Waals surface area contributed by atoms with Crippen molar-refractivity contribution in [1.29, 1.82) is 0 Å². The highest BCUT2D eigenvalue weighted by Gasteiger charge is 2.47. The Hall–Kier alpha value is -9.56. The van der Waals surface area contributed by atoms with Crippen LogP contribution in [0.25, 0.3) is 21.5 Å². The normalized spacial score (nSPS) is 22.3. The van der Waals surface area contributed by atoms with Crippen LogP contribution in [0, 0.1) is 0 Å². The molecule has 20 heteroatoms. The van der Waals surface area contributed by atoms with E-state index in [9.17, 15) is 43.5 Å². The average molecular weight is 1180 g/mol. The predicted octanol–water partition coefficient (Wildman–Crippen LogP) is 5.22. The second-order valence-electron chi connectivity index (χ2n) is 23.1. The van der Waals surface area contributed by atoms with Crippen LogP contribution in [0.15, 0.2) is 156 Å². The van der Waals surface area contributed by atoms with Crippen molar-refractivity contribution in [3.8, 4) is 0 Å². The van der Waals surface area contributed by atoms with E-state index >= 15 is 0 Å². The number of carboxylic acid groups (broad SMARTS) is 1. The Bertz CT molecular complexity index is 3650. The van der Waals surface area contributed by atoms with Crippen LogP contribution < -0.4 is 48.7 Å². The molecule has 454 valence electrons. The Kier molecular flexibility index (Phi) is 20.8. The van der Waals surface area contributed by atoms with Gasteiger partial charge in [0.25, 0.3) is 5.91 Å². The molecule has 5 amide bonds. The van der Waals surface area contributed by atoms with Gasteiger partial charge >= 0.3 is 5.97 Å². The summed E-state index contributed by atoms with van der Waals surface area (Å²) in [5.41, 5.74) is 21.8. The second-order valence-corrected chi connectivity index (χ2v) is 23.1. The number of carbonyl (C=O) groups is 8. The Morgan fingerprint density at radius 1 is 0.655 bits per heavy atom. The number of ketones is 2. The van der Waals surface area contributed by atoms with E-state index < -0.39 is 95.0 Å². The zero-order chi connectivity index (χ0) is 62.4. The summed E-state index contributed by atoms with van der Waals surface area (Å²) >= 11 is 0. The topological polar surface area (TPSA) is 314 Å². The van der Waals surface area contributed by atoms with Gasteiger partial charge in [0.15, 0.2) is 11.7 Å². The molecular formula is C67H78N11O9+. The molecule has 8 rings (SSSR count). The molecule has 0 fully saturated rings. The van der Waals surface area contributed by atoms with E-state index in [4.69, 9.17) is 17.2 Å². The maximum atomic E-state index is 14.5. The summed E-state index contributed by atoms with van der Waals surface area (Å²) in [7, 11) is 0. The van der Waals surface area contributed by atoms with Crippen LogP contribution >= 0.6 is 0 Å². The molecule has 87 heavy (non-hydrogen) atoms. The summed E-state index contributed by atoms with van der Waals surface area (Å²) in [5.74, 6) is -7.35. The smallest absolute Gasteiger partial charge is 0.305 e. The lowest BCUT2D eigenvalue weighted by Crippen LogP contribution is -2.58. The third-order valence-electron chi connectivity index (χ3n) is 16.1. The van der Waals surface area contributed by atoms with E-state index in [1.807, 2.05) is 102 Å². The number of aliphatic carboxylic acids is 1. The largest absolute Gasteiger partial charge is 0.481 e. The fourth-order valence-electron chi connectivity index (χ4n) is 11.9. The van der Waals surface area contributed by atoms with Crippen molar-refractivity contribution in [2.45, 2.75) is 114 Å². The Balaban J connectivity index is 1.18. The first-order chi connectivity index (χ1) is 41.7. The number of amides is 5. The van der Waals surface area contributed by atoms with Crippen molar-refractivity contribution in [3.63, 3.8) is 0 Å². The minimum Gasteiger partial charge on any atom is -0.481 e. The SMILES string of the molecule is CC1(C)C2=[N+](CC(=O)N[C@@H](CCCN=C(N)N)C(=O)NCC(=O)N[C@H](CC(=O)O)C(=O)N[C@@H](Cc3ccccc3)C(=O)N[C@H](CCCCN)C(=O)C(=O)CCN3/C(=C/C=C/C=C/C=C/2)C(C)(C)c2c3ccc3ccccc23)c2ccc3ccccc3c21. The van der Waals surface area contributed by atoms with Crippen LogP contribution in [-0.2, 0) is 55.6 Å². The van der Waals surface area contributed by atoms with Crippen LogP contribution in [0.4, 0.5) is 11.4 Å². The number of fused-ring (bicyclic) bond motifs is 9. The zero-order valence-corrected chi connectivity index (χ0v) is 49.6. The van der Waals surface area contributed by atoms with E-state index in [2.05, 4.69) is 82.4 Å². The lowest BCUT2D eigenvalue weighted by molar-refractivity contribution is -0.425. The predicted molar refractivity (Wildman–Crippen MR) is 337 cm³/mol. The fourth-order valence-corrected chi connectivity index (χ4v) is 11.9. The highest BCUT2D eigenvalue weighted by Crippen LogP contribution is 2.51. The molecule has 0 spiro atoms. The highest BCUT2D eigenvalue weighted by atomic mass is 16.4. The first kappa shape index (κ1) is 63.5. The van der Waals surface area contributed by atoms with Crippen molar-refractivity contribution >= 4 is 91.7 Å². The third-order valence-corrected chi connectivity index (χ3v) is 16.1. The number of carbonyl (C=O) groups excluding carboxylic acids is 7. The number of unbranched alkanes of at least 4 members (excludes halogenated alkanes) is 1. The maximum absolute atomic E-state index is 14.5. The molecule has 5 aromatic carbocycles. The van der Waals surface area contributed by atoms with Gasteiger partial charge in [0.1, 0.15) is 18.1 Å². The summed E-state index contributed by atoms with van der Waals surface area (Å²) in [6, 6.07) is 27.0. The molecule has 12 N–H and O–H groups in total. The molecular weight excluding hydrogens is 1100 g/mol. The number of rotatable bonds is 12. The van der Waals surface area contributed by atoms with Gasteiger partial charge in [0, 0.05) is 60.4 Å². The number of aliphatic imine (C=N–C) groups is 1. The van der Waals surface area contributed by atoms with Crippen LogP contribution in [-0.4, -0.2) is 125 Å². The number of nitrogens with zero attached hydrogens (tertiary/aromatic N) is 3. The van der Waals surface area contributed by atoms with Crippen molar-refractivity contribution in [2.75, 3.05) is 37.6 Å². The number of anilines is 1. The monoisotopic (exact) mass is 1180 g/mol. The summed E-state index contributed by atoms with van der Waals surface area (Å²) in [6.07, 6.45) is 13.4. The Morgan fingerprint density at radius 2 is 1.28 bits per heavy atom. The summed E-state index contributed by atoms with van der Waals surface area (Å²) in [5, 5.41) is 27.2. The van der Waals surface area contributed by atoms with E-state index in [0.717, 1.165) is 55.5 Å². The lowest BCUT2D eigenvalue weighted by atomic mass is 9.79. The van der Waals surface area contributed by atoms with E-state index in [0.29, 0.717) is 18.4 Å². The summed E-state index contributed by atoms with van der Waals surface area (Å²) in [6.45, 7) is 8.00. The molecule has 4 atom stereocenters. The Morgan fingerprint density at radius 3 is 1.98 bits per heavy atom. The highest BCUT2D eigenvalue weighted by molar-refractivity contribution is 6.39. The quantitative estimate of drug-likeness (QED) is 0.0255. The van der Waals surface area contributed by atoms with E-state index in [-0.39, 0.29) is 64.2 Å². The fraction of sp³-hybridized carbons (Fsp3) is 0.343. The van der Waals surface area contributed by atoms with Crippen LogP contribution in [0.5, 0.6) is 0 Å². The molecule has 3 aliphatic heterocycles. The van der Waals surface area contributed by atoms with Crippen LogP contribution in [0.1, 0.15) is 89.3 Å². The zero-order valence-electron chi connectivity index (χ0n) is 49.6. The molecule has 0 saturated heterocycles. The molecule has 3 aliphatic rings. The van der Waals surface area contributed by atoms with E-state index in [1.54, 1.807) is 30.3 Å². The van der Waals surface area contributed by atoms with Crippen molar-refractivity contribution in [1.82, 2.24) is 26.6 Å². The van der Waals surface area contributed by atoms with Gasteiger partial charge in [-0.1, -0.05) is 129 Å². The van der Waals surface area contributed by atoms with Gasteiger partial charge in [-0.3, -0.25) is 43.3 Å². The molecule has 0 unspecified atom stereocenters. The average Bonchev–Trinajstić information content (AvgIpc) is 1.61. The number of hydrogen-bond acceptors (Lipinski definition) is 11. The number of nitrogens with one attached hydrogen (secondary N) is 5. The van der Waals surface area contributed by atoms with Gasteiger partial charge in [-0.2, -0.15) is 4.58 Å². The lowest BCUT2D eigenvalue weighted by Gasteiger charge is -2.27. The number of hydrogen-bond donors (Lipinski definition) is 9. The van der Waals surface area contributed by atoms with Crippen LogP contribution in [0.2, 0.25) is 0 Å². The molecule has 0 aromatic heterocycles. The number of allylic oxidation sites excluding steroid dienone is 8. The molecule has 3 heterocycles. The molecule has 0 aliphatic carbocycles. The van der Waals surface area contributed by atoms with Crippen molar-refractivity contribution < 1.29 is 48.0 Å². The molecule has 0 radical (unpaired) electrons. The van der Waals surface area contributed by atoms with Crippen molar-refractivity contribution in [2.24, 2.45) is 22.2 Å². The number of nitrogens with two attached hydrogens (primary N) is 3. The number of carboxylic acids is 1. The standard InChI is InChI=1S/C67H77N11O9/c1-66(2)54-28-11-6-5-7-12-29-55-67(3,4)60-46-25-16-14-23-44(46)31-33-52(60)78(55)41-57(81)73-48(27-19-36-71-65(69)70)62(85)72-40-56(80)74-50(39-58(82)83)64(87)76-49(38-42-20-9-8-10-21-42)63(86)75-47(26-17-18-35-68)61(84)53(79)34-37-77(54)51-32-30-43-22-13-15-24-45(43)59(51)66/h5-16,20-25,28-33,47-50H,17-19,26-27,34-41,68H2,1-4H3,(H9-,69,70,71,72,73,74,75,76,80,81,82,83,85,86,87)/p+1/t47-,48+,49+,50-/m1/s1. The van der Waals surface area contributed by atoms with Gasteiger partial charge in [0.05, 0.1) is 24.4 Å². The maximum Gasteiger partial charge on any atom is 0.305 e. The van der Waals surface area contributed by atoms with E-state index in [1.165, 1.54) is 0 Å². The number of benzene rings is 5. The van der Waals surface area contributed by atoms with Gasteiger partial charge < -0.3 is 53.8 Å². The number of guanidine groups is 1.